The molecule has 7 nitrogen and oxygen atoms in total. The lowest BCUT2D eigenvalue weighted by atomic mass is 9.85. The Balaban J connectivity index is 1.65. The van der Waals surface area contributed by atoms with Crippen molar-refractivity contribution in [3.63, 3.8) is 0 Å². The fourth-order valence-corrected chi connectivity index (χ4v) is 5.76. The van der Waals surface area contributed by atoms with Gasteiger partial charge in [0.2, 0.25) is 0 Å². The maximum atomic E-state index is 13.3. The highest BCUT2D eigenvalue weighted by atomic mass is 35.5. The first-order chi connectivity index (χ1) is 14.4. The van der Waals surface area contributed by atoms with Crippen molar-refractivity contribution in [2.45, 2.75) is 76.1 Å². The normalized spacial score (nSPS) is 27.5. The smallest absolute Gasteiger partial charge is 0.323 e. The number of hydrogen-bond acceptors (Lipinski definition) is 4. The summed E-state index contributed by atoms with van der Waals surface area (Å²) < 4.78 is -0.0985. The molecule has 0 aromatic carbocycles. The van der Waals surface area contributed by atoms with E-state index in [4.69, 9.17) is 11.6 Å². The fraction of sp³-hybridized carbons (Fsp3) is 0.857. The molecule has 1 saturated carbocycles. The van der Waals surface area contributed by atoms with E-state index >= 15 is 0 Å². The molecule has 1 aliphatic carbocycles. The zero-order valence-corrected chi connectivity index (χ0v) is 20.1. The van der Waals surface area contributed by atoms with Crippen molar-refractivity contribution in [1.82, 2.24) is 20.0 Å². The molecule has 2 fully saturated rings. The third kappa shape index (κ3) is 5.75. The molecule has 2 aliphatic heterocycles. The zero-order valence-electron chi connectivity index (χ0n) is 18.5. The molecule has 0 radical (unpaired) electrons. The van der Waals surface area contributed by atoms with Gasteiger partial charge in [-0.3, -0.25) is 10.3 Å². The Kier molecular flexibility index (Phi) is 8.57. The maximum Gasteiger partial charge on any atom is 0.323 e. The van der Waals surface area contributed by atoms with Gasteiger partial charge in [0.05, 0.1) is 6.54 Å². The minimum absolute atomic E-state index is 0.0555. The Morgan fingerprint density at radius 3 is 2.23 bits per heavy atom. The van der Waals surface area contributed by atoms with Gasteiger partial charge in [-0.25, -0.2) is 9.59 Å². The standard InChI is InChI=1S/C21H36ClN5O2S/c1-4-25(5-2)21(29)26-12-10-17(11-13-26)27(16-8-6-15(3)7-9-16)20(28)24-19-23-14-18(22)30-19/h15-18H,4-14H2,1-3H3,(H,23,24,28). The number of nitrogens with zero attached hydrogens (tertiary/aromatic N) is 4. The second-order valence-electron chi connectivity index (χ2n) is 8.60. The molecule has 0 bridgehead atoms. The molecule has 9 heteroatoms. The quantitative estimate of drug-likeness (QED) is 0.644. The van der Waals surface area contributed by atoms with Gasteiger partial charge >= 0.3 is 12.1 Å². The number of amides is 4. The van der Waals surface area contributed by atoms with Crippen LogP contribution in [0.4, 0.5) is 9.59 Å². The summed E-state index contributed by atoms with van der Waals surface area (Å²) in [6.07, 6.45) is 6.06. The number of piperidine rings is 1. The van der Waals surface area contributed by atoms with Gasteiger partial charge in [-0.05, 0) is 58.3 Å². The summed E-state index contributed by atoms with van der Waals surface area (Å²) >= 11 is 7.54. The largest absolute Gasteiger partial charge is 0.325 e. The van der Waals surface area contributed by atoms with E-state index in [-0.39, 0.29) is 28.9 Å². The Morgan fingerprint density at radius 2 is 1.70 bits per heavy atom. The van der Waals surface area contributed by atoms with Gasteiger partial charge in [0.25, 0.3) is 0 Å². The molecule has 1 atom stereocenters. The first-order valence-electron chi connectivity index (χ1n) is 11.4. The van der Waals surface area contributed by atoms with Crippen molar-refractivity contribution < 1.29 is 9.59 Å². The number of aliphatic imine (C=N–C) groups is 1. The monoisotopic (exact) mass is 457 g/mol. The number of hydrogen-bond donors (Lipinski definition) is 1. The van der Waals surface area contributed by atoms with Crippen molar-refractivity contribution in [3.8, 4) is 0 Å². The molecular formula is C21H36ClN5O2S. The van der Waals surface area contributed by atoms with E-state index in [0.29, 0.717) is 24.8 Å². The summed E-state index contributed by atoms with van der Waals surface area (Å²) in [5, 5.41) is 3.64. The average molecular weight is 458 g/mol. The number of likely N-dealkylation sites (tertiary alicyclic amines) is 1. The number of carbonyl (C=O) groups excluding carboxylic acids is 2. The van der Waals surface area contributed by atoms with Crippen LogP contribution >= 0.6 is 23.4 Å². The van der Waals surface area contributed by atoms with Crippen LogP contribution in [0.3, 0.4) is 0 Å². The van der Waals surface area contributed by atoms with Crippen LogP contribution in [0.2, 0.25) is 0 Å². The van der Waals surface area contributed by atoms with Crippen LogP contribution in [0.25, 0.3) is 0 Å². The summed E-state index contributed by atoms with van der Waals surface area (Å²) in [6.45, 7) is 9.71. The Morgan fingerprint density at radius 1 is 1.10 bits per heavy atom. The van der Waals surface area contributed by atoms with Crippen LogP contribution in [-0.2, 0) is 0 Å². The molecule has 2 heterocycles. The lowest BCUT2D eigenvalue weighted by Crippen LogP contribution is -2.57. The molecule has 30 heavy (non-hydrogen) atoms. The molecule has 1 saturated heterocycles. The van der Waals surface area contributed by atoms with Crippen LogP contribution in [0.15, 0.2) is 4.99 Å². The van der Waals surface area contributed by atoms with E-state index < -0.39 is 0 Å². The number of carbonyl (C=O) groups is 2. The maximum absolute atomic E-state index is 13.3. The second kappa shape index (κ2) is 10.9. The SMILES string of the molecule is CCN(CC)C(=O)N1CCC(N(C(=O)NC2=NCC(Cl)S2)C2CCC(C)CC2)CC1. The highest BCUT2D eigenvalue weighted by Crippen LogP contribution is 2.31. The molecule has 0 aromatic rings. The van der Waals surface area contributed by atoms with Gasteiger partial charge < -0.3 is 14.7 Å². The van der Waals surface area contributed by atoms with Crippen molar-refractivity contribution in [2.75, 3.05) is 32.7 Å². The van der Waals surface area contributed by atoms with Crippen LogP contribution in [0.5, 0.6) is 0 Å². The number of urea groups is 2. The van der Waals surface area contributed by atoms with E-state index in [1.165, 1.54) is 11.8 Å². The molecule has 3 rings (SSSR count). The number of halogens is 1. The topological polar surface area (TPSA) is 68.2 Å². The summed E-state index contributed by atoms with van der Waals surface area (Å²) in [4.78, 5) is 36.2. The average Bonchev–Trinajstić information content (AvgIpc) is 3.15. The van der Waals surface area contributed by atoms with Crippen molar-refractivity contribution in [2.24, 2.45) is 10.9 Å². The van der Waals surface area contributed by atoms with Crippen LogP contribution < -0.4 is 5.32 Å². The van der Waals surface area contributed by atoms with E-state index in [1.54, 1.807) is 0 Å². The summed E-state index contributed by atoms with van der Waals surface area (Å²) in [5.74, 6) is 0.728. The Bertz CT molecular complexity index is 629. The van der Waals surface area contributed by atoms with Gasteiger partial charge in [0.15, 0.2) is 5.17 Å². The Labute approximate surface area is 189 Å². The van der Waals surface area contributed by atoms with E-state index in [9.17, 15) is 9.59 Å². The Hall–Kier alpha value is -1.15. The molecule has 1 unspecified atom stereocenters. The number of rotatable bonds is 4. The number of nitrogens with one attached hydrogen (secondary N) is 1. The predicted molar refractivity (Wildman–Crippen MR) is 124 cm³/mol. The zero-order chi connectivity index (χ0) is 21.7. The molecule has 1 N–H and O–H groups in total. The number of amidine groups is 1. The highest BCUT2D eigenvalue weighted by molar-refractivity contribution is 8.15. The first-order valence-corrected chi connectivity index (χ1v) is 12.7. The second-order valence-corrected chi connectivity index (χ2v) is 10.6. The third-order valence-corrected chi connectivity index (χ3v) is 7.87. The molecule has 3 aliphatic rings. The molecule has 0 aromatic heterocycles. The lowest BCUT2D eigenvalue weighted by molar-refractivity contribution is 0.0783. The van der Waals surface area contributed by atoms with Gasteiger partial charge in [0.1, 0.15) is 4.71 Å². The van der Waals surface area contributed by atoms with E-state index in [2.05, 4.69) is 22.1 Å². The third-order valence-electron chi connectivity index (χ3n) is 6.61. The van der Waals surface area contributed by atoms with Crippen molar-refractivity contribution >= 4 is 40.6 Å². The highest BCUT2D eigenvalue weighted by Gasteiger charge is 2.37. The first kappa shape index (κ1) is 23.5. The van der Waals surface area contributed by atoms with Crippen molar-refractivity contribution in [1.29, 1.82) is 0 Å². The summed E-state index contributed by atoms with van der Waals surface area (Å²) in [7, 11) is 0. The van der Waals surface area contributed by atoms with Crippen LogP contribution in [0.1, 0.15) is 59.3 Å². The van der Waals surface area contributed by atoms with Gasteiger partial charge in [-0.15, -0.1) is 11.6 Å². The molecule has 4 amide bonds. The number of thioether (sulfide) groups is 1. The summed E-state index contributed by atoms with van der Waals surface area (Å²) in [5.41, 5.74) is 0. The molecular weight excluding hydrogens is 422 g/mol. The van der Waals surface area contributed by atoms with Crippen molar-refractivity contribution in [3.05, 3.63) is 0 Å². The minimum Gasteiger partial charge on any atom is -0.325 e. The predicted octanol–water partition coefficient (Wildman–Crippen LogP) is 4.17. The fourth-order valence-electron chi connectivity index (χ4n) is 4.76. The summed E-state index contributed by atoms with van der Waals surface area (Å²) in [6, 6.07) is 0.476. The van der Waals surface area contributed by atoms with Gasteiger partial charge in [-0.2, -0.15) is 0 Å². The lowest BCUT2D eigenvalue weighted by Gasteiger charge is -2.44. The van der Waals surface area contributed by atoms with E-state index in [1.807, 2.05) is 23.6 Å². The van der Waals surface area contributed by atoms with Gasteiger partial charge in [0, 0.05) is 38.3 Å². The van der Waals surface area contributed by atoms with Gasteiger partial charge in [-0.1, -0.05) is 18.7 Å². The minimum atomic E-state index is -0.0985. The molecule has 0 spiro atoms. The van der Waals surface area contributed by atoms with E-state index in [0.717, 1.165) is 57.5 Å². The van der Waals surface area contributed by atoms with Crippen LogP contribution in [0, 0.1) is 5.92 Å². The van der Waals surface area contributed by atoms with Crippen LogP contribution in [-0.4, -0.2) is 81.4 Å². The molecule has 170 valence electrons. The number of alkyl halides is 1.